The van der Waals surface area contributed by atoms with Crippen LogP contribution >= 0.6 is 7.82 Å². The third kappa shape index (κ3) is 52.6. The molecule has 3 atom stereocenters. The van der Waals surface area contributed by atoms with Gasteiger partial charge in [0.25, 0.3) is 7.82 Å². The van der Waals surface area contributed by atoms with Crippen LogP contribution in [0.1, 0.15) is 290 Å². The first-order chi connectivity index (χ1) is 32.5. The van der Waals surface area contributed by atoms with Gasteiger partial charge >= 0.3 is 0 Å². The second-order valence-electron chi connectivity index (χ2n) is 21.4. The zero-order chi connectivity index (χ0) is 49.2. The summed E-state index contributed by atoms with van der Waals surface area (Å²) in [6, 6.07) is -0.807. The van der Waals surface area contributed by atoms with E-state index in [-0.39, 0.29) is 19.1 Å². The maximum Gasteiger partial charge on any atom is 0.268 e. The third-order valence-electron chi connectivity index (χ3n) is 13.4. The zero-order valence-electron chi connectivity index (χ0n) is 45.4. The van der Waals surface area contributed by atoms with Crippen LogP contribution in [-0.4, -0.2) is 68.5 Å². The SMILES string of the molecule is CCC/C=C\C/C=C\CCCCCCCC(=O)NC(COP(=O)([O-])OCC[N+](C)(C)C)C(O)CCCCCCCCCCCCCCCCCCCCCCCCCCCCCCCCCC. The van der Waals surface area contributed by atoms with Crippen LogP contribution in [0.25, 0.3) is 0 Å². The number of aliphatic hydroxyl groups is 1. The number of amides is 1. The Labute approximate surface area is 417 Å². The number of nitrogens with one attached hydrogen (secondary N) is 1. The van der Waals surface area contributed by atoms with E-state index in [1.807, 2.05) is 21.1 Å². The number of aliphatic hydroxyl groups excluding tert-OH is 1. The van der Waals surface area contributed by atoms with Gasteiger partial charge in [0, 0.05) is 6.42 Å². The molecular formula is C58H115N2O6P. The van der Waals surface area contributed by atoms with Crippen molar-refractivity contribution in [3.63, 3.8) is 0 Å². The van der Waals surface area contributed by atoms with E-state index in [1.165, 1.54) is 193 Å². The van der Waals surface area contributed by atoms with Crippen molar-refractivity contribution in [2.75, 3.05) is 40.9 Å². The average Bonchev–Trinajstić information content (AvgIpc) is 3.29. The molecule has 0 aliphatic heterocycles. The Balaban J connectivity index is 3.98. The Kier molecular flexibility index (Phi) is 49.2. The molecule has 3 unspecified atom stereocenters. The van der Waals surface area contributed by atoms with E-state index in [2.05, 4.69) is 43.5 Å². The molecule has 0 aromatic heterocycles. The summed E-state index contributed by atoms with van der Waals surface area (Å²) in [5.41, 5.74) is 0. The minimum atomic E-state index is -4.57. The summed E-state index contributed by atoms with van der Waals surface area (Å²) in [5, 5.41) is 14.0. The highest BCUT2D eigenvalue weighted by Crippen LogP contribution is 2.38. The van der Waals surface area contributed by atoms with Gasteiger partial charge < -0.3 is 28.8 Å². The third-order valence-corrected chi connectivity index (χ3v) is 14.4. The van der Waals surface area contributed by atoms with Gasteiger partial charge in [-0.25, -0.2) is 0 Å². The molecule has 0 saturated heterocycles. The molecule has 0 heterocycles. The molecule has 0 aromatic carbocycles. The molecule has 2 N–H and O–H groups in total. The molecule has 0 aromatic rings. The van der Waals surface area contributed by atoms with Gasteiger partial charge in [-0.3, -0.25) is 9.36 Å². The molecule has 0 spiro atoms. The number of quaternary nitrogens is 1. The Morgan fingerprint density at radius 1 is 0.522 bits per heavy atom. The van der Waals surface area contributed by atoms with Gasteiger partial charge in [0.15, 0.2) is 0 Å². The van der Waals surface area contributed by atoms with Crippen LogP contribution in [0.2, 0.25) is 0 Å². The van der Waals surface area contributed by atoms with E-state index < -0.39 is 20.0 Å². The minimum absolute atomic E-state index is 0.0102. The van der Waals surface area contributed by atoms with Crippen LogP contribution in [-0.2, 0) is 18.4 Å². The number of allylic oxidation sites excluding steroid dienone is 4. The van der Waals surface area contributed by atoms with E-state index in [9.17, 15) is 19.4 Å². The first-order valence-corrected chi connectivity index (χ1v) is 30.6. The molecule has 0 saturated carbocycles. The maximum atomic E-state index is 12.9. The molecule has 398 valence electrons. The topological polar surface area (TPSA) is 108 Å². The van der Waals surface area contributed by atoms with Crippen LogP contribution in [0.5, 0.6) is 0 Å². The number of hydrogen-bond donors (Lipinski definition) is 2. The highest BCUT2D eigenvalue weighted by Gasteiger charge is 2.24. The zero-order valence-corrected chi connectivity index (χ0v) is 46.3. The van der Waals surface area contributed by atoms with Crippen LogP contribution < -0.4 is 10.2 Å². The van der Waals surface area contributed by atoms with Crippen molar-refractivity contribution in [2.45, 2.75) is 302 Å². The minimum Gasteiger partial charge on any atom is -0.756 e. The molecule has 0 radical (unpaired) electrons. The Bertz CT molecular complexity index is 1140. The van der Waals surface area contributed by atoms with Crippen molar-refractivity contribution in [3.05, 3.63) is 24.3 Å². The van der Waals surface area contributed by atoms with Crippen molar-refractivity contribution in [2.24, 2.45) is 0 Å². The summed E-state index contributed by atoms with van der Waals surface area (Å²) in [7, 11) is 1.30. The Hall–Kier alpha value is -1.02. The molecule has 0 rings (SSSR count). The molecule has 0 aliphatic rings. The number of phosphoric ester groups is 1. The number of likely N-dealkylation sites (N-methyl/N-ethyl adjacent to an activating group) is 1. The second kappa shape index (κ2) is 49.9. The van der Waals surface area contributed by atoms with Crippen molar-refractivity contribution in [1.29, 1.82) is 0 Å². The lowest BCUT2D eigenvalue weighted by Crippen LogP contribution is -2.46. The van der Waals surface area contributed by atoms with Gasteiger partial charge in [-0.15, -0.1) is 0 Å². The number of phosphoric acid groups is 1. The van der Waals surface area contributed by atoms with E-state index in [0.29, 0.717) is 23.9 Å². The lowest BCUT2D eigenvalue weighted by atomic mass is 10.0. The van der Waals surface area contributed by atoms with Crippen LogP contribution in [0.3, 0.4) is 0 Å². The predicted octanol–water partition coefficient (Wildman–Crippen LogP) is 17.0. The second-order valence-corrected chi connectivity index (χ2v) is 22.8. The summed E-state index contributed by atoms with van der Waals surface area (Å²) >= 11 is 0. The summed E-state index contributed by atoms with van der Waals surface area (Å²) < 4.78 is 23.4. The standard InChI is InChI=1S/C58H115N2O6P/c1-6-8-10-12-14-16-18-20-21-22-23-24-25-26-27-28-29-30-31-32-33-34-35-36-37-38-40-41-43-45-47-49-51-57(61)56(55-66-67(63,64)65-54-53-60(3,4)5)59-58(62)52-50-48-46-44-42-39-19-17-15-13-11-9-7-2/h11,13,17,19,56-57,61H,6-10,12,14-16,18,20-55H2,1-5H3,(H-,59,62,63,64)/b13-11-,19-17-. The molecule has 0 fully saturated rings. The number of carbonyl (C=O) groups excluding carboxylic acids is 1. The van der Waals surface area contributed by atoms with Crippen molar-refractivity contribution >= 4 is 13.7 Å². The number of carbonyl (C=O) groups is 1. The Morgan fingerprint density at radius 3 is 1.30 bits per heavy atom. The predicted molar refractivity (Wildman–Crippen MR) is 289 cm³/mol. The fourth-order valence-corrected chi connectivity index (χ4v) is 9.57. The van der Waals surface area contributed by atoms with E-state index in [4.69, 9.17) is 9.05 Å². The van der Waals surface area contributed by atoms with Crippen molar-refractivity contribution < 1.29 is 32.9 Å². The monoisotopic (exact) mass is 967 g/mol. The average molecular weight is 968 g/mol. The summed E-state index contributed by atoms with van der Waals surface area (Å²) in [4.78, 5) is 25.4. The quantitative estimate of drug-likeness (QED) is 0.0272. The summed E-state index contributed by atoms with van der Waals surface area (Å²) in [6.07, 6.45) is 62.4. The molecule has 8 nitrogen and oxygen atoms in total. The smallest absolute Gasteiger partial charge is 0.268 e. The van der Waals surface area contributed by atoms with Crippen LogP contribution in [0.15, 0.2) is 24.3 Å². The maximum absolute atomic E-state index is 12.9. The molecular weight excluding hydrogens is 852 g/mol. The van der Waals surface area contributed by atoms with Crippen LogP contribution in [0, 0.1) is 0 Å². The van der Waals surface area contributed by atoms with Gasteiger partial charge in [0.1, 0.15) is 13.2 Å². The number of nitrogens with zero attached hydrogens (tertiary/aromatic N) is 1. The van der Waals surface area contributed by atoms with Crippen LogP contribution in [0.4, 0.5) is 0 Å². The van der Waals surface area contributed by atoms with Crippen molar-refractivity contribution in [3.8, 4) is 0 Å². The van der Waals surface area contributed by atoms with Gasteiger partial charge in [0.2, 0.25) is 5.91 Å². The molecule has 0 bridgehead atoms. The van der Waals surface area contributed by atoms with Crippen molar-refractivity contribution in [1.82, 2.24) is 5.32 Å². The largest absolute Gasteiger partial charge is 0.756 e. The lowest BCUT2D eigenvalue weighted by Gasteiger charge is -2.30. The number of rotatable bonds is 54. The molecule has 1 amide bonds. The van der Waals surface area contributed by atoms with Gasteiger partial charge in [-0.1, -0.05) is 269 Å². The summed E-state index contributed by atoms with van der Waals surface area (Å²) in [5.74, 6) is -0.176. The van der Waals surface area contributed by atoms with Gasteiger partial charge in [-0.2, -0.15) is 0 Å². The van der Waals surface area contributed by atoms with Gasteiger partial charge in [-0.05, 0) is 38.5 Å². The van der Waals surface area contributed by atoms with E-state index in [1.54, 1.807) is 0 Å². The Morgan fingerprint density at radius 2 is 0.896 bits per heavy atom. The van der Waals surface area contributed by atoms with E-state index >= 15 is 0 Å². The highest BCUT2D eigenvalue weighted by molar-refractivity contribution is 7.45. The van der Waals surface area contributed by atoms with E-state index in [0.717, 1.165) is 70.6 Å². The number of unbranched alkanes of at least 4 members (excludes halogenated alkanes) is 37. The molecule has 67 heavy (non-hydrogen) atoms. The lowest BCUT2D eigenvalue weighted by molar-refractivity contribution is -0.870. The number of hydrogen-bond acceptors (Lipinski definition) is 6. The molecule has 0 aliphatic carbocycles. The fraction of sp³-hybridized carbons (Fsp3) is 0.914. The van der Waals surface area contributed by atoms with Gasteiger partial charge in [0.05, 0.1) is 39.9 Å². The summed E-state index contributed by atoms with van der Waals surface area (Å²) in [6.45, 7) is 4.67. The fourth-order valence-electron chi connectivity index (χ4n) is 8.85. The molecule has 9 heteroatoms. The normalized spacial score (nSPS) is 14.1. The highest BCUT2D eigenvalue weighted by atomic mass is 31.2. The first kappa shape index (κ1) is 66.0. The first-order valence-electron chi connectivity index (χ1n) is 29.2.